The zero-order valence-electron chi connectivity index (χ0n) is 58.1. The first kappa shape index (κ1) is 89.2. The van der Waals surface area contributed by atoms with Crippen LogP contribution in [0.4, 0.5) is 0 Å². The molecule has 0 aromatic rings. The van der Waals surface area contributed by atoms with Gasteiger partial charge in [-0.05, 0) is 122 Å². The number of carbonyl (C=O) groups excluding carboxylic acids is 3. The highest BCUT2D eigenvalue weighted by Crippen LogP contribution is 2.45. The molecule has 0 aromatic carbocycles. The molecular weight excluding hydrogens is 1220 g/mol. The summed E-state index contributed by atoms with van der Waals surface area (Å²) in [6.07, 6.45) is 77.2. The molecule has 0 aliphatic rings. The van der Waals surface area contributed by atoms with Crippen LogP contribution >= 0.6 is 15.6 Å². The lowest BCUT2D eigenvalue weighted by atomic mass is 10.0. The zero-order chi connectivity index (χ0) is 68.1. The number of phosphoric ester groups is 2. The molecule has 18 heteroatoms. The van der Waals surface area contributed by atoms with Crippen LogP contribution in [0.2, 0.25) is 0 Å². The van der Waals surface area contributed by atoms with E-state index in [0.29, 0.717) is 19.3 Å². The van der Waals surface area contributed by atoms with Crippen molar-refractivity contribution >= 4 is 33.6 Å². The summed E-state index contributed by atoms with van der Waals surface area (Å²) in [7, 11) is -9.78. The van der Waals surface area contributed by atoms with Gasteiger partial charge in [-0.15, -0.1) is 0 Å². The van der Waals surface area contributed by atoms with E-state index in [9.17, 15) is 43.5 Å². The Kier molecular flexibility index (Phi) is 65.4. The van der Waals surface area contributed by atoms with Gasteiger partial charge in [-0.2, -0.15) is 0 Å². The van der Waals surface area contributed by atoms with E-state index >= 15 is 0 Å². The maximum Gasteiger partial charge on any atom is 0.472 e. The summed E-state index contributed by atoms with van der Waals surface area (Å²) in [4.78, 5) is 58.4. The standard InChI is InChI=1S/C75H130O16P2/c1-4-7-10-13-16-19-22-25-27-28-29-30-31-32-33-34-35-36-37-38-39-40-42-45-46-49-52-55-58-61-73(78)85-64-70(76)65-87-92(81,82)88-66-71(77)67-89-93(83,84)90-69-72(91-75(80)63-60-57-54-51-48-43-24-21-18-15-12-9-6-3)68-86-74(79)62-59-56-53-50-47-44-41-26-23-20-17-14-11-8-5-2/h7,10,12,15-17,19-21,24-27,29-30,32-33,41,70-72,76-77H,4-6,8-9,11,13-14,18,22-23,28,31,34-40,42-69H2,1-3H3,(H,81,82)(H,83,84)/b10-7-,15-12-,19-16-,20-17-,24-21-,27-25-,30-29-,33-32-,41-26-. The molecule has 5 unspecified atom stereocenters. The third kappa shape index (κ3) is 69.4. The Bertz CT molecular complexity index is 2130. The van der Waals surface area contributed by atoms with Gasteiger partial charge in [0.15, 0.2) is 6.10 Å². The van der Waals surface area contributed by atoms with Crippen LogP contribution in [0, 0.1) is 0 Å². The number of hydrogen-bond acceptors (Lipinski definition) is 14. The van der Waals surface area contributed by atoms with Crippen LogP contribution in [0.1, 0.15) is 290 Å². The third-order valence-electron chi connectivity index (χ3n) is 14.9. The van der Waals surface area contributed by atoms with Crippen LogP contribution in [0.5, 0.6) is 0 Å². The van der Waals surface area contributed by atoms with Gasteiger partial charge in [0.1, 0.15) is 25.4 Å². The number of rotatable bonds is 68. The van der Waals surface area contributed by atoms with E-state index in [2.05, 4.69) is 130 Å². The van der Waals surface area contributed by atoms with Crippen molar-refractivity contribution in [1.29, 1.82) is 0 Å². The predicted octanol–water partition coefficient (Wildman–Crippen LogP) is 20.4. The van der Waals surface area contributed by atoms with Crippen LogP contribution in [0.15, 0.2) is 109 Å². The Morgan fingerprint density at radius 3 is 0.946 bits per heavy atom. The van der Waals surface area contributed by atoms with Crippen LogP contribution in [-0.4, -0.2) is 95.9 Å². The Morgan fingerprint density at radius 2 is 0.591 bits per heavy atom. The largest absolute Gasteiger partial charge is 0.472 e. The van der Waals surface area contributed by atoms with Crippen molar-refractivity contribution < 1.29 is 75.8 Å². The molecule has 93 heavy (non-hydrogen) atoms. The molecule has 4 N–H and O–H groups in total. The highest BCUT2D eigenvalue weighted by atomic mass is 31.2. The summed E-state index contributed by atoms with van der Waals surface area (Å²) in [5, 5.41) is 20.6. The zero-order valence-corrected chi connectivity index (χ0v) is 59.9. The Balaban J connectivity index is 4.45. The minimum atomic E-state index is -4.93. The van der Waals surface area contributed by atoms with Crippen molar-refractivity contribution in [2.24, 2.45) is 0 Å². The molecule has 0 aromatic heterocycles. The number of aliphatic hydroxyl groups excluding tert-OH is 2. The van der Waals surface area contributed by atoms with Gasteiger partial charge in [-0.3, -0.25) is 32.5 Å². The Hall–Kier alpha value is -3.79. The van der Waals surface area contributed by atoms with Gasteiger partial charge in [0.2, 0.25) is 0 Å². The van der Waals surface area contributed by atoms with Gasteiger partial charge in [0, 0.05) is 19.3 Å². The quantitative estimate of drug-likeness (QED) is 0.0146. The van der Waals surface area contributed by atoms with Crippen LogP contribution in [0.25, 0.3) is 0 Å². The summed E-state index contributed by atoms with van der Waals surface area (Å²) < 4.78 is 60.9. The number of esters is 3. The number of carbonyl (C=O) groups is 3. The second-order valence-corrected chi connectivity index (χ2v) is 26.9. The third-order valence-corrected chi connectivity index (χ3v) is 16.8. The van der Waals surface area contributed by atoms with Crippen molar-refractivity contribution in [1.82, 2.24) is 0 Å². The fourth-order valence-corrected chi connectivity index (χ4v) is 11.0. The first-order valence-corrected chi connectivity index (χ1v) is 39.2. The average Bonchev–Trinajstić information content (AvgIpc) is 2.91. The molecule has 0 spiro atoms. The van der Waals surface area contributed by atoms with Gasteiger partial charge in [-0.1, -0.05) is 259 Å². The van der Waals surface area contributed by atoms with Crippen molar-refractivity contribution in [3.8, 4) is 0 Å². The Labute approximate surface area is 564 Å². The van der Waals surface area contributed by atoms with Crippen molar-refractivity contribution in [2.75, 3.05) is 39.6 Å². The molecule has 5 atom stereocenters. The summed E-state index contributed by atoms with van der Waals surface area (Å²) in [6, 6.07) is 0. The number of aliphatic hydroxyl groups is 2. The van der Waals surface area contributed by atoms with E-state index in [0.717, 1.165) is 154 Å². The molecule has 0 rings (SSSR count). The summed E-state index contributed by atoms with van der Waals surface area (Å²) in [5.41, 5.74) is 0. The minimum Gasteiger partial charge on any atom is -0.463 e. The normalized spacial score (nSPS) is 14.8. The molecule has 0 saturated heterocycles. The smallest absolute Gasteiger partial charge is 0.463 e. The molecule has 0 aliphatic carbocycles. The second kappa shape index (κ2) is 68.2. The van der Waals surface area contributed by atoms with E-state index in [4.69, 9.17) is 32.3 Å². The number of phosphoric acid groups is 2. The average molecular weight is 1350 g/mol. The van der Waals surface area contributed by atoms with Crippen molar-refractivity contribution in [3.63, 3.8) is 0 Å². The molecule has 536 valence electrons. The fourth-order valence-electron chi connectivity index (χ4n) is 9.43. The molecular formula is C75H130O16P2. The Morgan fingerprint density at radius 1 is 0.312 bits per heavy atom. The lowest BCUT2D eigenvalue weighted by molar-refractivity contribution is -0.161. The number of allylic oxidation sites excluding steroid dienone is 18. The lowest BCUT2D eigenvalue weighted by Gasteiger charge is -2.21. The van der Waals surface area contributed by atoms with Crippen molar-refractivity contribution in [3.05, 3.63) is 109 Å². The summed E-state index contributed by atoms with van der Waals surface area (Å²) >= 11 is 0. The number of hydrogen-bond donors (Lipinski definition) is 4. The summed E-state index contributed by atoms with van der Waals surface area (Å²) in [5.74, 6) is -1.61. The SMILES string of the molecule is CC/C=C\C/C=C\C/C=C\C/C=C\C/C=C\CCCCCCCCCCCCCCCC(=O)OCC(O)COP(=O)(O)OCC(O)COP(=O)(O)OCC(COC(=O)CCCCCCC/C=C\C/C=C\CCCCC)OC(=O)CCCCCCC/C=C\C/C=C\CCC. The van der Waals surface area contributed by atoms with E-state index in [1.54, 1.807) is 0 Å². The molecule has 0 radical (unpaired) electrons. The number of unbranched alkanes of at least 4 members (excludes halogenated alkanes) is 27. The highest BCUT2D eigenvalue weighted by molar-refractivity contribution is 7.47. The molecule has 0 bridgehead atoms. The number of ether oxygens (including phenoxy) is 3. The molecule has 16 nitrogen and oxygen atoms in total. The van der Waals surface area contributed by atoms with Gasteiger partial charge < -0.3 is 34.2 Å². The summed E-state index contributed by atoms with van der Waals surface area (Å²) in [6.45, 7) is 2.43. The maximum atomic E-state index is 12.9. The fraction of sp³-hybridized carbons (Fsp3) is 0.720. The monoisotopic (exact) mass is 1350 g/mol. The van der Waals surface area contributed by atoms with Crippen LogP contribution in [-0.2, 0) is 55.8 Å². The molecule has 0 amide bonds. The van der Waals surface area contributed by atoms with E-state index in [1.165, 1.54) is 77.0 Å². The maximum absolute atomic E-state index is 12.9. The lowest BCUT2D eigenvalue weighted by Crippen LogP contribution is -2.30. The second-order valence-electron chi connectivity index (χ2n) is 24.0. The van der Waals surface area contributed by atoms with E-state index in [1.807, 2.05) is 0 Å². The predicted molar refractivity (Wildman–Crippen MR) is 380 cm³/mol. The van der Waals surface area contributed by atoms with Gasteiger partial charge >= 0.3 is 33.6 Å². The molecule has 0 saturated carbocycles. The minimum absolute atomic E-state index is 0.0848. The van der Waals surface area contributed by atoms with E-state index < -0.39 is 91.5 Å². The highest BCUT2D eigenvalue weighted by Gasteiger charge is 2.29. The first-order chi connectivity index (χ1) is 45.2. The van der Waals surface area contributed by atoms with Crippen molar-refractivity contribution in [2.45, 2.75) is 309 Å². The first-order valence-electron chi connectivity index (χ1n) is 36.2. The van der Waals surface area contributed by atoms with Gasteiger partial charge in [-0.25, -0.2) is 9.13 Å². The molecule has 0 aliphatic heterocycles. The molecule has 0 fully saturated rings. The van der Waals surface area contributed by atoms with Crippen LogP contribution < -0.4 is 0 Å². The van der Waals surface area contributed by atoms with Gasteiger partial charge in [0.05, 0.1) is 26.4 Å². The van der Waals surface area contributed by atoms with Gasteiger partial charge in [0.25, 0.3) is 0 Å². The topological polar surface area (TPSA) is 231 Å². The van der Waals surface area contributed by atoms with Crippen LogP contribution in [0.3, 0.4) is 0 Å². The van der Waals surface area contributed by atoms with E-state index in [-0.39, 0.29) is 19.3 Å². The molecule has 0 heterocycles.